The van der Waals surface area contributed by atoms with Gasteiger partial charge in [-0.1, -0.05) is 6.92 Å². The molecule has 2 fully saturated rings. The number of nitrogens with zero attached hydrogens (tertiary/aromatic N) is 3. The Kier molecular flexibility index (Phi) is 4.18. The van der Waals surface area contributed by atoms with E-state index in [9.17, 15) is 9.59 Å². The largest absolute Gasteiger partial charge is 0.481 e. The van der Waals surface area contributed by atoms with E-state index in [1.54, 1.807) is 11.8 Å². The predicted octanol–water partition coefficient (Wildman–Crippen LogP) is 2.84. The van der Waals surface area contributed by atoms with Crippen molar-refractivity contribution >= 4 is 11.9 Å². The summed E-state index contributed by atoms with van der Waals surface area (Å²) in [6, 6.07) is 2.09. The van der Waals surface area contributed by atoms with Gasteiger partial charge in [0.25, 0.3) is 5.91 Å². The molecule has 3 rings (SSSR count). The number of aliphatic carboxylic acids is 1. The van der Waals surface area contributed by atoms with Crippen molar-refractivity contribution < 1.29 is 14.7 Å². The van der Waals surface area contributed by atoms with Gasteiger partial charge in [0.05, 0.1) is 11.5 Å². The lowest BCUT2D eigenvalue weighted by Crippen LogP contribution is -2.39. The molecule has 0 aliphatic heterocycles. The number of aromatic nitrogens is 2. The second kappa shape index (κ2) is 5.90. The van der Waals surface area contributed by atoms with E-state index < -0.39 is 11.9 Å². The summed E-state index contributed by atoms with van der Waals surface area (Å²) < 4.78 is 1.98. The van der Waals surface area contributed by atoms with E-state index in [1.807, 2.05) is 10.7 Å². The first kappa shape index (κ1) is 17.0. The molecule has 1 aromatic rings. The lowest BCUT2D eigenvalue weighted by molar-refractivity contribution is -0.141. The minimum absolute atomic E-state index is 0.129. The zero-order chi connectivity index (χ0) is 17.6. The van der Waals surface area contributed by atoms with Crippen molar-refractivity contribution in [2.45, 2.75) is 70.9 Å². The summed E-state index contributed by atoms with van der Waals surface area (Å²) in [5.41, 5.74) is 1.42. The van der Waals surface area contributed by atoms with Crippen molar-refractivity contribution in [3.8, 4) is 0 Å². The molecule has 1 amide bonds. The van der Waals surface area contributed by atoms with Gasteiger partial charge in [-0.25, -0.2) is 0 Å². The summed E-state index contributed by atoms with van der Waals surface area (Å²) in [5, 5.41) is 13.8. The van der Waals surface area contributed by atoms with Crippen LogP contribution in [0.1, 0.15) is 75.5 Å². The molecule has 2 aliphatic rings. The van der Waals surface area contributed by atoms with Crippen LogP contribution in [0.15, 0.2) is 6.07 Å². The molecule has 0 saturated heterocycles. The van der Waals surface area contributed by atoms with Gasteiger partial charge in [-0.2, -0.15) is 5.10 Å². The summed E-state index contributed by atoms with van der Waals surface area (Å²) in [6.07, 6.45) is 4.21. The Morgan fingerprint density at radius 2 is 1.96 bits per heavy atom. The molecule has 1 unspecified atom stereocenters. The molecule has 0 radical (unpaired) electrons. The average Bonchev–Trinajstić information content (AvgIpc) is 3.40. The van der Waals surface area contributed by atoms with Crippen molar-refractivity contribution in [3.63, 3.8) is 0 Å². The van der Waals surface area contributed by atoms with Crippen LogP contribution in [0.25, 0.3) is 0 Å². The van der Waals surface area contributed by atoms with Crippen LogP contribution in [-0.4, -0.2) is 44.3 Å². The topological polar surface area (TPSA) is 75.4 Å². The summed E-state index contributed by atoms with van der Waals surface area (Å²) in [5.74, 6) is -1.06. The number of carbonyl (C=O) groups is 2. The maximum Gasteiger partial charge on any atom is 0.308 e. The van der Waals surface area contributed by atoms with E-state index in [4.69, 9.17) is 5.11 Å². The van der Waals surface area contributed by atoms with E-state index in [0.717, 1.165) is 31.4 Å². The van der Waals surface area contributed by atoms with Crippen LogP contribution in [0.5, 0.6) is 0 Å². The lowest BCUT2D eigenvalue weighted by atomic mass is 10.1. The van der Waals surface area contributed by atoms with E-state index in [1.165, 1.54) is 0 Å². The summed E-state index contributed by atoms with van der Waals surface area (Å²) >= 11 is 0. The van der Waals surface area contributed by atoms with Gasteiger partial charge in [0, 0.05) is 24.2 Å². The smallest absolute Gasteiger partial charge is 0.308 e. The molecule has 132 valence electrons. The fraction of sp³-hybridized carbons (Fsp3) is 0.722. The standard InChI is InChI=1S/C18H27N3O3/c1-11(17(23)24)10-20(13-7-8-13)16(22)14-9-15(12-5-6-12)21(19-14)18(2,3)4/h9,11-13H,5-8,10H2,1-4H3,(H,23,24). The molecule has 2 saturated carbocycles. The number of rotatable bonds is 6. The van der Waals surface area contributed by atoms with Crippen LogP contribution in [0.4, 0.5) is 0 Å². The molecule has 6 heteroatoms. The van der Waals surface area contributed by atoms with Crippen LogP contribution in [0.2, 0.25) is 0 Å². The van der Waals surface area contributed by atoms with E-state index >= 15 is 0 Å². The Morgan fingerprint density at radius 1 is 1.33 bits per heavy atom. The third-order valence-electron chi connectivity index (χ3n) is 4.73. The first-order chi connectivity index (χ1) is 11.2. The average molecular weight is 333 g/mol. The van der Waals surface area contributed by atoms with Crippen molar-refractivity contribution in [1.29, 1.82) is 0 Å². The van der Waals surface area contributed by atoms with E-state index in [2.05, 4.69) is 25.9 Å². The van der Waals surface area contributed by atoms with Gasteiger partial charge in [0.2, 0.25) is 0 Å². The molecule has 1 aromatic heterocycles. The maximum atomic E-state index is 13.0. The van der Waals surface area contributed by atoms with Gasteiger partial charge in [-0.3, -0.25) is 14.3 Å². The zero-order valence-electron chi connectivity index (χ0n) is 15.0. The molecule has 2 aliphatic carbocycles. The summed E-state index contributed by atoms with van der Waals surface area (Å²) in [6.45, 7) is 8.16. The van der Waals surface area contributed by atoms with Crippen molar-refractivity contribution in [1.82, 2.24) is 14.7 Å². The molecule has 1 atom stereocenters. The van der Waals surface area contributed by atoms with Gasteiger partial charge in [-0.15, -0.1) is 0 Å². The zero-order valence-corrected chi connectivity index (χ0v) is 15.0. The third kappa shape index (κ3) is 3.47. The minimum Gasteiger partial charge on any atom is -0.481 e. The first-order valence-corrected chi connectivity index (χ1v) is 8.82. The minimum atomic E-state index is -0.868. The van der Waals surface area contributed by atoms with Gasteiger partial charge in [0.15, 0.2) is 5.69 Å². The van der Waals surface area contributed by atoms with Crippen LogP contribution in [0.3, 0.4) is 0 Å². The van der Waals surface area contributed by atoms with Gasteiger partial charge in [0.1, 0.15) is 0 Å². The lowest BCUT2D eigenvalue weighted by Gasteiger charge is -2.24. The third-order valence-corrected chi connectivity index (χ3v) is 4.73. The highest BCUT2D eigenvalue weighted by molar-refractivity contribution is 5.93. The molecule has 1 N–H and O–H groups in total. The Balaban J connectivity index is 1.86. The fourth-order valence-electron chi connectivity index (χ4n) is 3.01. The molecule has 1 heterocycles. The molecular formula is C18H27N3O3. The monoisotopic (exact) mass is 333 g/mol. The van der Waals surface area contributed by atoms with Crippen LogP contribution >= 0.6 is 0 Å². The van der Waals surface area contributed by atoms with E-state index in [0.29, 0.717) is 11.6 Å². The molecule has 0 bridgehead atoms. The van der Waals surface area contributed by atoms with Crippen LogP contribution < -0.4 is 0 Å². The Labute approximate surface area is 142 Å². The number of carbonyl (C=O) groups excluding carboxylic acids is 1. The van der Waals surface area contributed by atoms with Gasteiger partial charge in [-0.05, 0) is 52.5 Å². The number of amides is 1. The van der Waals surface area contributed by atoms with Gasteiger partial charge >= 0.3 is 5.97 Å². The highest BCUT2D eigenvalue weighted by Gasteiger charge is 2.38. The SMILES string of the molecule is CC(CN(C(=O)c1cc(C2CC2)n(C(C)(C)C)n1)C1CC1)C(=O)O. The molecule has 24 heavy (non-hydrogen) atoms. The molecule has 0 aromatic carbocycles. The summed E-state index contributed by atoms with van der Waals surface area (Å²) in [7, 11) is 0. The molecular weight excluding hydrogens is 306 g/mol. The second-order valence-corrected chi connectivity index (χ2v) is 8.24. The van der Waals surface area contributed by atoms with Crippen molar-refractivity contribution in [2.24, 2.45) is 5.92 Å². The molecule has 0 spiro atoms. The quantitative estimate of drug-likeness (QED) is 0.868. The van der Waals surface area contributed by atoms with Crippen LogP contribution in [0, 0.1) is 5.92 Å². The number of carboxylic acid groups (broad SMARTS) is 1. The Hall–Kier alpha value is -1.85. The number of hydrogen-bond acceptors (Lipinski definition) is 3. The highest BCUT2D eigenvalue weighted by atomic mass is 16.4. The van der Waals surface area contributed by atoms with Crippen LogP contribution in [-0.2, 0) is 10.3 Å². The van der Waals surface area contributed by atoms with E-state index in [-0.39, 0.29) is 24.0 Å². The number of hydrogen-bond donors (Lipinski definition) is 1. The molecule has 6 nitrogen and oxygen atoms in total. The first-order valence-electron chi connectivity index (χ1n) is 8.82. The second-order valence-electron chi connectivity index (χ2n) is 8.24. The predicted molar refractivity (Wildman–Crippen MR) is 90.1 cm³/mol. The Morgan fingerprint density at radius 3 is 2.42 bits per heavy atom. The summed E-state index contributed by atoms with van der Waals surface area (Å²) in [4.78, 5) is 25.9. The highest BCUT2D eigenvalue weighted by Crippen LogP contribution is 2.42. The van der Waals surface area contributed by atoms with Crippen molar-refractivity contribution in [3.05, 3.63) is 17.5 Å². The Bertz CT molecular complexity index is 651. The normalized spacial score (nSPS) is 19.2. The maximum absolute atomic E-state index is 13.0. The number of carboxylic acids is 1. The van der Waals surface area contributed by atoms with Gasteiger partial charge < -0.3 is 10.0 Å². The van der Waals surface area contributed by atoms with Crippen molar-refractivity contribution in [2.75, 3.05) is 6.54 Å². The fourth-order valence-corrected chi connectivity index (χ4v) is 3.01.